The van der Waals surface area contributed by atoms with Crippen LogP contribution < -0.4 is 9.47 Å². The highest BCUT2D eigenvalue weighted by atomic mass is 35.5. The van der Waals surface area contributed by atoms with Gasteiger partial charge < -0.3 is 14.0 Å². The summed E-state index contributed by atoms with van der Waals surface area (Å²) in [5, 5.41) is -0.0908. The third-order valence-corrected chi connectivity index (χ3v) is 8.31. The van der Waals surface area contributed by atoms with Gasteiger partial charge in [-0.15, -0.1) is 11.6 Å². The van der Waals surface area contributed by atoms with Crippen LogP contribution >= 0.6 is 23.2 Å². The normalized spacial score (nSPS) is 11.9. The number of rotatable bonds is 7. The van der Waals surface area contributed by atoms with E-state index >= 15 is 0 Å². The first-order valence-electron chi connectivity index (χ1n) is 11.1. The monoisotopic (exact) mass is 562 g/mol. The van der Waals surface area contributed by atoms with Gasteiger partial charge in [-0.25, -0.2) is 26.7 Å². The zero-order chi connectivity index (χ0) is 26.5. The molecule has 0 aliphatic carbocycles. The lowest BCUT2D eigenvalue weighted by Gasteiger charge is -2.12. The number of alkyl halides is 1. The number of aromatic nitrogens is 4. The van der Waals surface area contributed by atoms with E-state index in [9.17, 15) is 12.8 Å². The van der Waals surface area contributed by atoms with Crippen molar-refractivity contribution in [2.24, 2.45) is 0 Å². The van der Waals surface area contributed by atoms with Gasteiger partial charge in [-0.05, 0) is 25.1 Å². The Balaban J connectivity index is 1.91. The number of pyridine rings is 2. The molecular weight excluding hydrogens is 542 g/mol. The highest BCUT2D eigenvalue weighted by molar-refractivity contribution is 7.90. The van der Waals surface area contributed by atoms with E-state index in [0.717, 1.165) is 15.7 Å². The molecule has 37 heavy (non-hydrogen) atoms. The second-order valence-electron chi connectivity index (χ2n) is 8.26. The molecule has 0 spiro atoms. The van der Waals surface area contributed by atoms with Gasteiger partial charge in [0, 0.05) is 35.6 Å². The van der Waals surface area contributed by atoms with E-state index in [4.69, 9.17) is 32.7 Å². The molecule has 12 heteroatoms. The van der Waals surface area contributed by atoms with Gasteiger partial charge in [0.2, 0.25) is 0 Å². The Labute approximate surface area is 222 Å². The van der Waals surface area contributed by atoms with E-state index in [-0.39, 0.29) is 32.5 Å². The largest absolute Gasteiger partial charge is 0.491 e. The Hall–Kier alpha value is -3.34. The number of hydrogen-bond acceptors (Lipinski definition) is 6. The Kier molecular flexibility index (Phi) is 6.51. The average molecular weight is 563 g/mol. The van der Waals surface area contributed by atoms with E-state index in [1.807, 2.05) is 11.5 Å². The molecule has 0 saturated carbocycles. The molecule has 0 radical (unpaired) electrons. The molecule has 0 amide bonds. The fourth-order valence-electron chi connectivity index (χ4n) is 4.24. The molecule has 0 saturated heterocycles. The molecule has 8 nitrogen and oxygen atoms in total. The number of hydrogen-bond donors (Lipinski definition) is 0. The number of fused-ring (bicyclic) bond motifs is 2. The molecule has 0 N–H and O–H groups in total. The van der Waals surface area contributed by atoms with Crippen LogP contribution in [0.4, 0.5) is 4.39 Å². The van der Waals surface area contributed by atoms with Crippen molar-refractivity contribution in [3.63, 3.8) is 0 Å². The number of halogens is 3. The Morgan fingerprint density at radius 1 is 1.11 bits per heavy atom. The zero-order valence-electron chi connectivity index (χ0n) is 20.0. The van der Waals surface area contributed by atoms with Crippen LogP contribution in [0.5, 0.6) is 11.6 Å². The van der Waals surface area contributed by atoms with E-state index < -0.39 is 15.8 Å². The van der Waals surface area contributed by atoms with Gasteiger partial charge in [0.05, 0.1) is 41.5 Å². The highest BCUT2D eigenvalue weighted by Gasteiger charge is 2.29. The maximum absolute atomic E-state index is 14.4. The van der Waals surface area contributed by atoms with Gasteiger partial charge in [0.25, 0.3) is 15.9 Å². The van der Waals surface area contributed by atoms with Gasteiger partial charge in [-0.3, -0.25) is 0 Å². The van der Waals surface area contributed by atoms with Crippen LogP contribution in [0.2, 0.25) is 5.02 Å². The quantitative estimate of drug-likeness (QED) is 0.238. The summed E-state index contributed by atoms with van der Waals surface area (Å²) in [4.78, 5) is 8.77. The van der Waals surface area contributed by atoms with E-state index in [1.54, 1.807) is 24.4 Å². The lowest BCUT2D eigenvalue weighted by Crippen LogP contribution is -2.15. The van der Waals surface area contributed by atoms with Crippen LogP contribution in [-0.2, 0) is 16.6 Å². The van der Waals surface area contributed by atoms with Gasteiger partial charge in [0.15, 0.2) is 17.2 Å². The predicted octanol–water partition coefficient (Wildman–Crippen LogP) is 5.65. The molecule has 192 valence electrons. The van der Waals surface area contributed by atoms with Gasteiger partial charge in [-0.2, -0.15) is 0 Å². The summed E-state index contributed by atoms with van der Waals surface area (Å²) < 4.78 is 56.1. The Morgan fingerprint density at radius 2 is 1.84 bits per heavy atom. The molecule has 0 aliphatic rings. The van der Waals surface area contributed by atoms with Crippen molar-refractivity contribution in [1.29, 1.82) is 0 Å². The summed E-state index contributed by atoms with van der Waals surface area (Å²) in [5.41, 5.74) is 2.60. The maximum atomic E-state index is 14.4. The van der Waals surface area contributed by atoms with Crippen molar-refractivity contribution in [2.75, 3.05) is 20.1 Å². The topological polar surface area (TPSA) is 88.2 Å². The summed E-state index contributed by atoms with van der Waals surface area (Å²) in [7, 11) is -1.24. The van der Waals surface area contributed by atoms with Crippen LogP contribution in [0.25, 0.3) is 33.3 Å². The summed E-state index contributed by atoms with van der Waals surface area (Å²) in [6, 6.07) is 9.65. The SMILES string of the molecule is COc1cc2c(nc1OC)c(-c1cc3c(Cl)c(F)cnc3n1S(=O)(=O)c1ccc(C)cc1)cn2CCCl. The smallest absolute Gasteiger partial charge is 0.269 e. The van der Waals surface area contributed by atoms with Gasteiger partial charge in [0.1, 0.15) is 5.52 Å². The Bertz CT molecular complexity index is 1770. The second kappa shape index (κ2) is 9.51. The predicted molar refractivity (Wildman–Crippen MR) is 141 cm³/mol. The van der Waals surface area contributed by atoms with Crippen molar-refractivity contribution in [1.82, 2.24) is 18.5 Å². The fraction of sp³-hybridized carbons (Fsp3) is 0.200. The highest BCUT2D eigenvalue weighted by Crippen LogP contribution is 2.40. The minimum atomic E-state index is -4.19. The first kappa shape index (κ1) is 25.3. The molecule has 4 heterocycles. The van der Waals surface area contributed by atoms with E-state index in [1.165, 1.54) is 32.4 Å². The van der Waals surface area contributed by atoms with Crippen LogP contribution in [-0.4, -0.2) is 47.0 Å². The molecule has 0 atom stereocenters. The first-order valence-corrected chi connectivity index (χ1v) is 13.4. The average Bonchev–Trinajstić information content (AvgIpc) is 3.45. The molecule has 0 aliphatic heterocycles. The first-order chi connectivity index (χ1) is 17.7. The van der Waals surface area contributed by atoms with E-state index in [2.05, 4.69) is 9.97 Å². The molecule has 0 bridgehead atoms. The van der Waals surface area contributed by atoms with Gasteiger partial charge in [-0.1, -0.05) is 29.3 Å². The minimum absolute atomic E-state index is 0.0132. The van der Waals surface area contributed by atoms with Crippen LogP contribution in [0.3, 0.4) is 0 Å². The van der Waals surface area contributed by atoms with Crippen LogP contribution in [0.15, 0.2) is 53.7 Å². The molecule has 4 aromatic heterocycles. The maximum Gasteiger partial charge on any atom is 0.269 e. The van der Waals surface area contributed by atoms with E-state index in [0.29, 0.717) is 34.8 Å². The summed E-state index contributed by atoms with van der Waals surface area (Å²) in [6.07, 6.45) is 2.64. The minimum Gasteiger partial charge on any atom is -0.491 e. The zero-order valence-corrected chi connectivity index (χ0v) is 22.3. The molecule has 0 unspecified atom stereocenters. The lowest BCUT2D eigenvalue weighted by atomic mass is 10.2. The van der Waals surface area contributed by atoms with Crippen LogP contribution in [0, 0.1) is 12.7 Å². The number of benzene rings is 1. The van der Waals surface area contributed by atoms with Crippen molar-refractivity contribution in [3.05, 3.63) is 65.2 Å². The van der Waals surface area contributed by atoms with Crippen LogP contribution in [0.1, 0.15) is 5.56 Å². The van der Waals surface area contributed by atoms with Crippen molar-refractivity contribution in [2.45, 2.75) is 18.4 Å². The summed E-state index contributed by atoms with van der Waals surface area (Å²) in [5.74, 6) is 0.141. The van der Waals surface area contributed by atoms with Crippen molar-refractivity contribution >= 4 is 55.3 Å². The lowest BCUT2D eigenvalue weighted by molar-refractivity contribution is 0.344. The number of methoxy groups -OCH3 is 2. The second-order valence-corrected chi connectivity index (χ2v) is 10.8. The Morgan fingerprint density at radius 3 is 2.49 bits per heavy atom. The molecule has 5 rings (SSSR count). The van der Waals surface area contributed by atoms with Crippen molar-refractivity contribution < 1.29 is 22.3 Å². The van der Waals surface area contributed by atoms with Gasteiger partial charge >= 0.3 is 0 Å². The number of aryl methyl sites for hydroxylation is 2. The number of ether oxygens (including phenoxy) is 2. The molecule has 1 aromatic carbocycles. The third kappa shape index (κ3) is 4.09. The molecule has 0 fully saturated rings. The molecule has 5 aromatic rings. The summed E-state index contributed by atoms with van der Waals surface area (Å²) >= 11 is 12.3. The standard InChI is InChI=1S/C25H21Cl2FN4O4S/c1-14-4-6-15(7-5-14)37(33,34)32-19(10-16-22(27)18(28)12-29-24(16)32)17-13-31(9-8-26)20-11-21(35-2)25(36-3)30-23(17)20/h4-7,10-13H,8-9H2,1-3H3. The van der Waals surface area contributed by atoms with Crippen molar-refractivity contribution in [3.8, 4) is 22.9 Å². The molecular formula is C25H21Cl2FN4O4S. The number of nitrogens with zero attached hydrogens (tertiary/aromatic N) is 4. The fourth-order valence-corrected chi connectivity index (χ4v) is 6.09. The third-order valence-electron chi connectivity index (χ3n) is 6.04. The summed E-state index contributed by atoms with van der Waals surface area (Å²) in [6.45, 7) is 2.27.